The standard InChI is InChI=1S/C23H25N3O3S2/c27-23(11-16-31(28,29)20-9-5-2-6-10-20)26-14-12-25(13-15-26)17-22-24-21(18-30-22)19-7-3-1-4-8-19/h1-10,18H,11-17H2. The molecule has 6 nitrogen and oxygen atoms in total. The van der Waals surface area contributed by atoms with Gasteiger partial charge in [0.05, 0.1) is 22.9 Å². The van der Waals surface area contributed by atoms with Crippen LogP contribution in [0.15, 0.2) is 70.9 Å². The topological polar surface area (TPSA) is 70.6 Å². The van der Waals surface area contributed by atoms with E-state index in [0.717, 1.165) is 35.9 Å². The van der Waals surface area contributed by atoms with Gasteiger partial charge in [0.1, 0.15) is 5.01 Å². The summed E-state index contributed by atoms with van der Waals surface area (Å²) in [7, 11) is -3.43. The molecule has 1 amide bonds. The number of benzene rings is 2. The number of thiazole rings is 1. The third-order valence-corrected chi connectivity index (χ3v) is 7.96. The zero-order valence-electron chi connectivity index (χ0n) is 17.2. The van der Waals surface area contributed by atoms with E-state index in [1.165, 1.54) is 0 Å². The van der Waals surface area contributed by atoms with E-state index in [-0.39, 0.29) is 23.0 Å². The summed E-state index contributed by atoms with van der Waals surface area (Å²) >= 11 is 1.65. The molecule has 0 atom stereocenters. The lowest BCUT2D eigenvalue weighted by atomic mass is 10.2. The molecule has 0 aliphatic carbocycles. The molecule has 2 aromatic carbocycles. The van der Waals surface area contributed by atoms with Crippen molar-refractivity contribution >= 4 is 27.1 Å². The Morgan fingerprint density at radius 2 is 1.58 bits per heavy atom. The second kappa shape index (κ2) is 9.72. The number of rotatable bonds is 7. The molecule has 1 aromatic heterocycles. The Labute approximate surface area is 187 Å². The van der Waals surface area contributed by atoms with Crippen LogP contribution in [-0.2, 0) is 21.2 Å². The number of carbonyl (C=O) groups is 1. The first-order valence-electron chi connectivity index (χ1n) is 10.3. The van der Waals surface area contributed by atoms with Gasteiger partial charge in [0.2, 0.25) is 5.91 Å². The molecule has 1 aliphatic heterocycles. The van der Waals surface area contributed by atoms with E-state index < -0.39 is 9.84 Å². The molecule has 3 aromatic rings. The minimum Gasteiger partial charge on any atom is -0.340 e. The van der Waals surface area contributed by atoms with Crippen molar-refractivity contribution in [2.24, 2.45) is 0 Å². The molecule has 0 radical (unpaired) electrons. The summed E-state index contributed by atoms with van der Waals surface area (Å²) < 4.78 is 24.8. The number of hydrogen-bond donors (Lipinski definition) is 0. The third kappa shape index (κ3) is 5.58. The van der Waals surface area contributed by atoms with Crippen molar-refractivity contribution in [3.8, 4) is 11.3 Å². The van der Waals surface area contributed by atoms with Crippen molar-refractivity contribution in [3.05, 3.63) is 71.1 Å². The first kappa shape index (κ1) is 21.7. The van der Waals surface area contributed by atoms with E-state index in [1.54, 1.807) is 46.6 Å². The van der Waals surface area contributed by atoms with Crippen LogP contribution in [0.5, 0.6) is 0 Å². The zero-order chi connectivity index (χ0) is 21.7. The van der Waals surface area contributed by atoms with Gasteiger partial charge in [0, 0.05) is 43.5 Å². The van der Waals surface area contributed by atoms with Crippen molar-refractivity contribution in [1.29, 1.82) is 0 Å². The van der Waals surface area contributed by atoms with Gasteiger partial charge in [-0.1, -0.05) is 48.5 Å². The highest BCUT2D eigenvalue weighted by Crippen LogP contribution is 2.23. The van der Waals surface area contributed by atoms with Crippen molar-refractivity contribution in [2.75, 3.05) is 31.9 Å². The lowest BCUT2D eigenvalue weighted by molar-refractivity contribution is -0.132. The Morgan fingerprint density at radius 1 is 0.935 bits per heavy atom. The third-order valence-electron chi connectivity index (χ3n) is 5.39. The smallest absolute Gasteiger partial charge is 0.223 e. The van der Waals surface area contributed by atoms with Gasteiger partial charge in [-0.15, -0.1) is 11.3 Å². The number of nitrogens with zero attached hydrogens (tertiary/aromatic N) is 3. The quantitative estimate of drug-likeness (QED) is 0.547. The van der Waals surface area contributed by atoms with Crippen molar-refractivity contribution in [3.63, 3.8) is 0 Å². The van der Waals surface area contributed by atoms with Gasteiger partial charge in [-0.25, -0.2) is 13.4 Å². The van der Waals surface area contributed by atoms with Crippen LogP contribution in [0.2, 0.25) is 0 Å². The Balaban J connectivity index is 1.25. The van der Waals surface area contributed by atoms with E-state index in [2.05, 4.69) is 22.4 Å². The van der Waals surface area contributed by atoms with E-state index >= 15 is 0 Å². The lowest BCUT2D eigenvalue weighted by Crippen LogP contribution is -2.48. The normalized spacial score (nSPS) is 15.2. The summed E-state index contributed by atoms with van der Waals surface area (Å²) in [5.74, 6) is -0.253. The second-order valence-corrected chi connectivity index (χ2v) is 10.6. The predicted octanol–water partition coefficient (Wildman–Crippen LogP) is 3.32. The highest BCUT2D eigenvalue weighted by molar-refractivity contribution is 7.91. The van der Waals surface area contributed by atoms with Crippen LogP contribution < -0.4 is 0 Å². The highest BCUT2D eigenvalue weighted by atomic mass is 32.2. The number of aromatic nitrogens is 1. The maximum atomic E-state index is 12.5. The molecule has 8 heteroatoms. The molecule has 0 N–H and O–H groups in total. The number of sulfone groups is 1. The Hall–Kier alpha value is -2.55. The summed E-state index contributed by atoms with van der Waals surface area (Å²) in [6.07, 6.45) is 0.0180. The van der Waals surface area contributed by atoms with Crippen molar-refractivity contribution < 1.29 is 13.2 Å². The summed E-state index contributed by atoms with van der Waals surface area (Å²) in [6, 6.07) is 18.4. The van der Waals surface area contributed by atoms with Crippen LogP contribution in [0.25, 0.3) is 11.3 Å². The molecular formula is C23H25N3O3S2. The number of piperazine rings is 1. The first-order valence-corrected chi connectivity index (χ1v) is 12.8. The summed E-state index contributed by atoms with van der Waals surface area (Å²) in [4.78, 5) is 21.6. The predicted molar refractivity (Wildman–Crippen MR) is 123 cm³/mol. The molecule has 0 unspecified atom stereocenters. The number of amides is 1. The summed E-state index contributed by atoms with van der Waals surface area (Å²) in [5.41, 5.74) is 2.11. The van der Waals surface area contributed by atoms with Crippen molar-refractivity contribution in [2.45, 2.75) is 17.9 Å². The lowest BCUT2D eigenvalue weighted by Gasteiger charge is -2.34. The zero-order valence-corrected chi connectivity index (χ0v) is 18.8. The molecule has 0 bridgehead atoms. The monoisotopic (exact) mass is 455 g/mol. The molecule has 0 saturated carbocycles. The van der Waals surface area contributed by atoms with E-state index in [4.69, 9.17) is 4.98 Å². The average Bonchev–Trinajstić information content (AvgIpc) is 3.28. The fourth-order valence-electron chi connectivity index (χ4n) is 3.60. The van der Waals surface area contributed by atoms with Crippen LogP contribution in [0.3, 0.4) is 0 Å². The van der Waals surface area contributed by atoms with E-state index in [0.29, 0.717) is 13.1 Å². The van der Waals surface area contributed by atoms with Gasteiger partial charge < -0.3 is 4.90 Å². The minimum absolute atomic E-state index is 0.0180. The summed E-state index contributed by atoms with van der Waals surface area (Å²) in [6.45, 7) is 3.51. The fraction of sp³-hybridized carbons (Fsp3) is 0.304. The Morgan fingerprint density at radius 3 is 2.26 bits per heavy atom. The highest BCUT2D eigenvalue weighted by Gasteiger charge is 2.24. The van der Waals surface area contributed by atoms with Crippen molar-refractivity contribution in [1.82, 2.24) is 14.8 Å². The molecule has 1 aliphatic rings. The maximum absolute atomic E-state index is 12.5. The Kier molecular flexibility index (Phi) is 6.80. The SMILES string of the molecule is O=C(CCS(=O)(=O)c1ccccc1)N1CCN(Cc2nc(-c3ccccc3)cs2)CC1. The van der Waals surface area contributed by atoms with Crippen LogP contribution in [0.4, 0.5) is 0 Å². The van der Waals surface area contributed by atoms with Gasteiger partial charge in [-0.2, -0.15) is 0 Å². The van der Waals surface area contributed by atoms with Gasteiger partial charge >= 0.3 is 0 Å². The molecule has 162 valence electrons. The second-order valence-electron chi connectivity index (χ2n) is 7.53. The van der Waals surface area contributed by atoms with Crippen LogP contribution >= 0.6 is 11.3 Å². The van der Waals surface area contributed by atoms with Gasteiger partial charge in [-0.05, 0) is 12.1 Å². The molecule has 2 heterocycles. The first-order chi connectivity index (χ1) is 15.0. The average molecular weight is 456 g/mol. The maximum Gasteiger partial charge on any atom is 0.223 e. The van der Waals surface area contributed by atoms with Gasteiger partial charge in [0.25, 0.3) is 0 Å². The number of hydrogen-bond acceptors (Lipinski definition) is 6. The molecular weight excluding hydrogens is 430 g/mol. The minimum atomic E-state index is -3.43. The van der Waals surface area contributed by atoms with Crippen LogP contribution in [-0.4, -0.2) is 61.0 Å². The van der Waals surface area contributed by atoms with Gasteiger partial charge in [-0.3, -0.25) is 9.69 Å². The number of carbonyl (C=O) groups excluding carboxylic acids is 1. The van der Waals surface area contributed by atoms with E-state index in [9.17, 15) is 13.2 Å². The molecule has 1 saturated heterocycles. The fourth-order valence-corrected chi connectivity index (χ4v) is 5.69. The van der Waals surface area contributed by atoms with E-state index in [1.807, 2.05) is 18.2 Å². The Bertz CT molecular complexity index is 1110. The molecule has 1 fully saturated rings. The largest absolute Gasteiger partial charge is 0.340 e. The van der Waals surface area contributed by atoms with Gasteiger partial charge in [0.15, 0.2) is 9.84 Å². The molecule has 31 heavy (non-hydrogen) atoms. The van der Waals surface area contributed by atoms with Crippen LogP contribution in [0.1, 0.15) is 11.4 Å². The molecule has 4 rings (SSSR count). The summed E-state index contributed by atoms with van der Waals surface area (Å²) in [5, 5.41) is 3.14. The van der Waals surface area contributed by atoms with Crippen LogP contribution in [0, 0.1) is 0 Å². The molecule has 0 spiro atoms.